The molecule has 0 aliphatic rings. The number of aromatic nitrogens is 2. The third-order valence-electron chi connectivity index (χ3n) is 5.28. The topological polar surface area (TPSA) is 37.8 Å². The summed E-state index contributed by atoms with van der Waals surface area (Å²) in [4.78, 5) is 9.16. The third-order valence-corrected chi connectivity index (χ3v) is 5.28. The summed E-state index contributed by atoms with van der Waals surface area (Å²) >= 11 is 0. The van der Waals surface area contributed by atoms with Crippen molar-refractivity contribution in [3.63, 3.8) is 0 Å². The zero-order chi connectivity index (χ0) is 19.9. The van der Waals surface area contributed by atoms with Crippen molar-refractivity contribution in [1.29, 1.82) is 0 Å². The average Bonchev–Trinajstić information content (AvgIpc) is 2.74. The number of hydrogen-bond donors (Lipinski definition) is 1. The van der Waals surface area contributed by atoms with Crippen molar-refractivity contribution < 1.29 is 0 Å². The maximum Gasteiger partial charge on any atom is 0.159 e. The molecule has 0 amide bonds. The van der Waals surface area contributed by atoms with Crippen LogP contribution in [0, 0.1) is 0 Å². The summed E-state index contributed by atoms with van der Waals surface area (Å²) in [6.45, 7) is 5.56. The van der Waals surface area contributed by atoms with Gasteiger partial charge in [0.05, 0.1) is 0 Å². The standard InChI is InChI=1S/C25H39N3/c1-3-5-7-9-10-11-12-14-22-20-27-25(28-21-22)23-15-17-24(18-16-23)26-19-13-8-6-4-2/h15-18,20-21,26H,3-14,19H2,1-2H3. The molecule has 2 rings (SSSR count). The van der Waals surface area contributed by atoms with Gasteiger partial charge in [-0.25, -0.2) is 9.97 Å². The lowest BCUT2D eigenvalue weighted by atomic mass is 10.1. The summed E-state index contributed by atoms with van der Waals surface area (Å²) in [6, 6.07) is 8.48. The number of hydrogen-bond acceptors (Lipinski definition) is 3. The van der Waals surface area contributed by atoms with Gasteiger partial charge in [0.1, 0.15) is 0 Å². The molecule has 3 heteroatoms. The minimum Gasteiger partial charge on any atom is -0.385 e. The van der Waals surface area contributed by atoms with Crippen molar-refractivity contribution in [3.8, 4) is 11.4 Å². The van der Waals surface area contributed by atoms with E-state index in [4.69, 9.17) is 0 Å². The molecule has 2 aromatic rings. The second-order valence-corrected chi connectivity index (χ2v) is 7.85. The van der Waals surface area contributed by atoms with Crippen LogP contribution in [0.4, 0.5) is 5.69 Å². The highest BCUT2D eigenvalue weighted by Crippen LogP contribution is 2.18. The Morgan fingerprint density at radius 1 is 0.679 bits per heavy atom. The molecule has 154 valence electrons. The Kier molecular flexibility index (Phi) is 11.3. The molecular formula is C25H39N3. The Hall–Kier alpha value is -1.90. The molecule has 0 spiro atoms. The SMILES string of the molecule is CCCCCCCCCc1cnc(-c2ccc(NCCCCCC)cc2)nc1. The lowest BCUT2D eigenvalue weighted by Crippen LogP contribution is -2.01. The van der Waals surface area contributed by atoms with Gasteiger partial charge in [0.2, 0.25) is 0 Å². The molecule has 3 nitrogen and oxygen atoms in total. The first-order chi connectivity index (χ1) is 13.8. The van der Waals surface area contributed by atoms with Gasteiger partial charge in [0, 0.05) is 30.2 Å². The van der Waals surface area contributed by atoms with Gasteiger partial charge in [-0.05, 0) is 49.1 Å². The Morgan fingerprint density at radius 2 is 1.25 bits per heavy atom. The fourth-order valence-electron chi connectivity index (χ4n) is 3.44. The molecule has 0 radical (unpaired) electrons. The number of rotatable bonds is 15. The molecule has 0 aliphatic carbocycles. The molecule has 0 fully saturated rings. The molecular weight excluding hydrogens is 342 g/mol. The largest absolute Gasteiger partial charge is 0.385 e. The number of anilines is 1. The van der Waals surface area contributed by atoms with Crippen molar-refractivity contribution in [3.05, 3.63) is 42.2 Å². The average molecular weight is 382 g/mol. The van der Waals surface area contributed by atoms with E-state index in [0.29, 0.717) is 0 Å². The van der Waals surface area contributed by atoms with Crippen LogP contribution >= 0.6 is 0 Å². The van der Waals surface area contributed by atoms with Gasteiger partial charge in [-0.15, -0.1) is 0 Å². The quantitative estimate of drug-likeness (QED) is 0.326. The van der Waals surface area contributed by atoms with Gasteiger partial charge in [0.25, 0.3) is 0 Å². The molecule has 1 N–H and O–H groups in total. The highest BCUT2D eigenvalue weighted by Gasteiger charge is 2.02. The van der Waals surface area contributed by atoms with E-state index in [9.17, 15) is 0 Å². The van der Waals surface area contributed by atoms with Crippen LogP contribution in [0.1, 0.15) is 90.0 Å². The van der Waals surface area contributed by atoms with E-state index < -0.39 is 0 Å². The predicted octanol–water partition coefficient (Wildman–Crippen LogP) is 7.43. The summed E-state index contributed by atoms with van der Waals surface area (Å²) in [5.74, 6) is 0.817. The molecule has 0 atom stereocenters. The minimum atomic E-state index is 0.817. The molecule has 1 heterocycles. The first kappa shape index (κ1) is 22.4. The Morgan fingerprint density at radius 3 is 1.89 bits per heavy atom. The first-order valence-electron chi connectivity index (χ1n) is 11.5. The van der Waals surface area contributed by atoms with Gasteiger partial charge in [0.15, 0.2) is 5.82 Å². The van der Waals surface area contributed by atoms with E-state index in [2.05, 4.69) is 53.4 Å². The monoisotopic (exact) mass is 381 g/mol. The molecule has 0 saturated carbocycles. The summed E-state index contributed by atoms with van der Waals surface area (Å²) in [5, 5.41) is 3.50. The predicted molar refractivity (Wildman–Crippen MR) is 122 cm³/mol. The maximum atomic E-state index is 4.58. The van der Waals surface area contributed by atoms with Gasteiger partial charge in [-0.2, -0.15) is 0 Å². The van der Waals surface area contributed by atoms with Crippen LogP contribution in [0.3, 0.4) is 0 Å². The number of unbranched alkanes of at least 4 members (excludes halogenated alkanes) is 9. The van der Waals surface area contributed by atoms with Crippen LogP contribution < -0.4 is 5.32 Å². The number of nitrogens with one attached hydrogen (secondary N) is 1. The number of nitrogens with zero attached hydrogens (tertiary/aromatic N) is 2. The fraction of sp³-hybridized carbons (Fsp3) is 0.600. The van der Waals surface area contributed by atoms with E-state index in [1.807, 2.05) is 12.4 Å². The Bertz CT molecular complexity index is 619. The second-order valence-electron chi connectivity index (χ2n) is 7.85. The van der Waals surface area contributed by atoms with Crippen molar-refractivity contribution >= 4 is 5.69 Å². The van der Waals surface area contributed by atoms with Crippen molar-refractivity contribution in [1.82, 2.24) is 9.97 Å². The van der Waals surface area contributed by atoms with Gasteiger partial charge in [-0.1, -0.05) is 71.6 Å². The minimum absolute atomic E-state index is 0.817. The van der Waals surface area contributed by atoms with E-state index in [1.165, 1.54) is 81.9 Å². The lowest BCUT2D eigenvalue weighted by Gasteiger charge is -2.07. The van der Waals surface area contributed by atoms with Crippen LogP contribution in [-0.2, 0) is 6.42 Å². The van der Waals surface area contributed by atoms with Crippen molar-refractivity contribution in [2.24, 2.45) is 0 Å². The molecule has 0 unspecified atom stereocenters. The summed E-state index contributed by atoms with van der Waals surface area (Å²) in [5.41, 5.74) is 3.51. The zero-order valence-corrected chi connectivity index (χ0v) is 18.1. The molecule has 1 aromatic heterocycles. The number of aryl methyl sites for hydroxylation is 1. The maximum absolute atomic E-state index is 4.58. The fourth-order valence-corrected chi connectivity index (χ4v) is 3.44. The second kappa shape index (κ2) is 14.1. The molecule has 0 aliphatic heterocycles. The van der Waals surface area contributed by atoms with Gasteiger partial charge < -0.3 is 5.32 Å². The smallest absolute Gasteiger partial charge is 0.159 e. The highest BCUT2D eigenvalue weighted by molar-refractivity contribution is 5.59. The first-order valence-corrected chi connectivity index (χ1v) is 11.5. The van der Waals surface area contributed by atoms with E-state index in [0.717, 1.165) is 24.4 Å². The van der Waals surface area contributed by atoms with E-state index >= 15 is 0 Å². The van der Waals surface area contributed by atoms with Crippen molar-refractivity contribution in [2.45, 2.75) is 90.9 Å². The Labute approximate surface area is 172 Å². The summed E-state index contributed by atoms with van der Waals surface area (Å²) < 4.78 is 0. The zero-order valence-electron chi connectivity index (χ0n) is 18.1. The van der Waals surface area contributed by atoms with Gasteiger partial charge >= 0.3 is 0 Å². The van der Waals surface area contributed by atoms with Crippen molar-refractivity contribution in [2.75, 3.05) is 11.9 Å². The third kappa shape index (κ3) is 8.86. The van der Waals surface area contributed by atoms with E-state index in [-0.39, 0.29) is 0 Å². The highest BCUT2D eigenvalue weighted by atomic mass is 14.9. The molecule has 28 heavy (non-hydrogen) atoms. The van der Waals surface area contributed by atoms with Gasteiger partial charge in [-0.3, -0.25) is 0 Å². The van der Waals surface area contributed by atoms with Crippen LogP contribution in [-0.4, -0.2) is 16.5 Å². The summed E-state index contributed by atoms with van der Waals surface area (Å²) in [6.07, 6.45) is 19.6. The van der Waals surface area contributed by atoms with E-state index in [1.54, 1.807) is 0 Å². The molecule has 0 saturated heterocycles. The number of benzene rings is 1. The summed E-state index contributed by atoms with van der Waals surface area (Å²) in [7, 11) is 0. The van der Waals surface area contributed by atoms with Crippen LogP contribution in [0.5, 0.6) is 0 Å². The molecule has 0 bridgehead atoms. The lowest BCUT2D eigenvalue weighted by molar-refractivity contribution is 0.589. The normalized spacial score (nSPS) is 10.9. The van der Waals surface area contributed by atoms with Crippen LogP contribution in [0.25, 0.3) is 11.4 Å². The Balaban J connectivity index is 1.70. The van der Waals surface area contributed by atoms with Crippen LogP contribution in [0.2, 0.25) is 0 Å². The van der Waals surface area contributed by atoms with Crippen LogP contribution in [0.15, 0.2) is 36.7 Å². The molecule has 1 aromatic carbocycles.